The van der Waals surface area contributed by atoms with Crippen LogP contribution in [0.3, 0.4) is 0 Å². The van der Waals surface area contributed by atoms with Crippen LogP contribution in [0.1, 0.15) is 39.0 Å². The van der Waals surface area contributed by atoms with Crippen LogP contribution in [0.2, 0.25) is 0 Å². The van der Waals surface area contributed by atoms with E-state index >= 15 is 0 Å². The van der Waals surface area contributed by atoms with Gasteiger partial charge in [-0.1, -0.05) is 6.92 Å². The topological polar surface area (TPSA) is 21.3 Å². The number of nitrogens with one attached hydrogen (secondary N) is 1. The van der Waals surface area contributed by atoms with Gasteiger partial charge in [0.25, 0.3) is 0 Å². The maximum atomic E-state index is 5.87. The van der Waals surface area contributed by atoms with E-state index in [-0.39, 0.29) is 0 Å². The molecule has 1 heterocycles. The third-order valence-corrected chi connectivity index (χ3v) is 5.83. The van der Waals surface area contributed by atoms with Crippen molar-refractivity contribution in [1.82, 2.24) is 5.32 Å². The first kappa shape index (κ1) is 11.3. The van der Waals surface area contributed by atoms with Crippen molar-refractivity contribution in [2.75, 3.05) is 13.2 Å². The molecule has 3 fully saturated rings. The molecule has 2 bridgehead atoms. The van der Waals surface area contributed by atoms with Crippen LogP contribution in [0.15, 0.2) is 11.8 Å². The fourth-order valence-electron chi connectivity index (χ4n) is 5.22. The third-order valence-electron chi connectivity index (χ3n) is 5.83. The van der Waals surface area contributed by atoms with Gasteiger partial charge in [0.2, 0.25) is 0 Å². The average molecular weight is 247 g/mol. The minimum atomic E-state index is 0.547. The molecule has 5 unspecified atom stereocenters. The van der Waals surface area contributed by atoms with Crippen LogP contribution in [0, 0.1) is 29.6 Å². The van der Waals surface area contributed by atoms with E-state index in [0.29, 0.717) is 6.04 Å². The lowest BCUT2D eigenvalue weighted by Gasteiger charge is -2.22. The Morgan fingerprint density at radius 3 is 2.72 bits per heavy atom. The van der Waals surface area contributed by atoms with Gasteiger partial charge in [-0.05, 0) is 67.9 Å². The van der Waals surface area contributed by atoms with Crippen LogP contribution < -0.4 is 5.32 Å². The van der Waals surface area contributed by atoms with E-state index in [0.717, 1.165) is 49.2 Å². The molecule has 18 heavy (non-hydrogen) atoms. The summed E-state index contributed by atoms with van der Waals surface area (Å²) in [4.78, 5) is 0. The van der Waals surface area contributed by atoms with Crippen molar-refractivity contribution < 1.29 is 4.74 Å². The zero-order valence-corrected chi connectivity index (χ0v) is 11.4. The summed E-state index contributed by atoms with van der Waals surface area (Å²) in [5.74, 6) is 6.41. The molecule has 100 valence electrons. The molecule has 5 atom stereocenters. The van der Waals surface area contributed by atoms with Crippen molar-refractivity contribution in [3.05, 3.63) is 11.8 Å². The predicted molar refractivity (Wildman–Crippen MR) is 72.0 cm³/mol. The van der Waals surface area contributed by atoms with Crippen LogP contribution in [0.5, 0.6) is 0 Å². The van der Waals surface area contributed by atoms with Crippen molar-refractivity contribution in [3.63, 3.8) is 0 Å². The highest BCUT2D eigenvalue weighted by molar-refractivity contribution is 5.22. The molecule has 2 nitrogen and oxygen atoms in total. The second-order valence-corrected chi connectivity index (χ2v) is 6.74. The van der Waals surface area contributed by atoms with Gasteiger partial charge >= 0.3 is 0 Å². The minimum Gasteiger partial charge on any atom is -0.496 e. The highest BCUT2D eigenvalue weighted by atomic mass is 16.5. The van der Waals surface area contributed by atoms with Crippen LogP contribution in [0.25, 0.3) is 0 Å². The number of hydrogen-bond acceptors (Lipinski definition) is 2. The number of fused-ring (bicyclic) bond motifs is 5. The van der Waals surface area contributed by atoms with Gasteiger partial charge in [-0.2, -0.15) is 0 Å². The summed E-state index contributed by atoms with van der Waals surface area (Å²) in [5.41, 5.74) is 0. The van der Waals surface area contributed by atoms with Gasteiger partial charge in [0.15, 0.2) is 0 Å². The largest absolute Gasteiger partial charge is 0.496 e. The molecule has 0 saturated heterocycles. The molecule has 0 amide bonds. The fourth-order valence-corrected chi connectivity index (χ4v) is 5.22. The zero-order chi connectivity index (χ0) is 12.1. The maximum absolute atomic E-state index is 5.87. The summed E-state index contributed by atoms with van der Waals surface area (Å²) < 4.78 is 5.87. The highest BCUT2D eigenvalue weighted by Crippen LogP contribution is 2.70. The van der Waals surface area contributed by atoms with E-state index < -0.39 is 0 Å². The second-order valence-electron chi connectivity index (χ2n) is 6.74. The van der Waals surface area contributed by atoms with Gasteiger partial charge in [-0.3, -0.25) is 0 Å². The van der Waals surface area contributed by atoms with Crippen LogP contribution in [-0.4, -0.2) is 19.2 Å². The van der Waals surface area contributed by atoms with Crippen molar-refractivity contribution in [1.29, 1.82) is 0 Å². The summed E-state index contributed by atoms with van der Waals surface area (Å²) >= 11 is 0. The first-order valence-corrected chi connectivity index (χ1v) is 7.96. The Labute approximate surface area is 110 Å². The van der Waals surface area contributed by atoms with Gasteiger partial charge in [-0.25, -0.2) is 0 Å². The summed E-state index contributed by atoms with van der Waals surface area (Å²) in [7, 11) is 0. The molecule has 0 aromatic carbocycles. The quantitative estimate of drug-likeness (QED) is 0.806. The second kappa shape index (κ2) is 4.26. The summed E-state index contributed by atoms with van der Waals surface area (Å²) in [5, 5.41) is 3.78. The smallest absolute Gasteiger partial charge is 0.109 e. The van der Waals surface area contributed by atoms with Gasteiger partial charge in [-0.15, -0.1) is 0 Å². The number of rotatable bonds is 5. The molecular formula is C16H25NO. The minimum absolute atomic E-state index is 0.547. The van der Waals surface area contributed by atoms with Crippen LogP contribution in [-0.2, 0) is 4.74 Å². The van der Waals surface area contributed by atoms with E-state index in [1.165, 1.54) is 25.0 Å². The van der Waals surface area contributed by atoms with E-state index in [2.05, 4.69) is 18.3 Å². The molecule has 4 rings (SSSR count). The molecule has 0 spiro atoms. The standard InChI is InChI=1S/C16H25NO/c1-2-7-17-16(12-4-3-8-18-12)15-13-10-5-6-11(9-10)14(13)15/h4,10-11,13-17H,2-3,5-9H2,1H3. The Balaban J connectivity index is 1.50. The highest BCUT2D eigenvalue weighted by Gasteiger charge is 2.67. The number of hydrogen-bond donors (Lipinski definition) is 1. The third kappa shape index (κ3) is 1.57. The van der Waals surface area contributed by atoms with Crippen molar-refractivity contribution in [2.45, 2.75) is 45.1 Å². The van der Waals surface area contributed by atoms with E-state index in [4.69, 9.17) is 4.74 Å². The Kier molecular flexibility index (Phi) is 2.68. The zero-order valence-electron chi connectivity index (χ0n) is 11.4. The van der Waals surface area contributed by atoms with Crippen LogP contribution in [0.4, 0.5) is 0 Å². The van der Waals surface area contributed by atoms with Gasteiger partial charge < -0.3 is 10.1 Å². The lowest BCUT2D eigenvalue weighted by atomic mass is 9.96. The molecule has 3 saturated carbocycles. The van der Waals surface area contributed by atoms with Crippen molar-refractivity contribution >= 4 is 0 Å². The molecular weight excluding hydrogens is 222 g/mol. The Bertz CT molecular complexity index is 348. The molecule has 0 aromatic rings. The molecule has 3 aliphatic carbocycles. The Morgan fingerprint density at radius 2 is 2.11 bits per heavy atom. The monoisotopic (exact) mass is 247 g/mol. The van der Waals surface area contributed by atoms with Gasteiger partial charge in [0.05, 0.1) is 12.6 Å². The van der Waals surface area contributed by atoms with Crippen LogP contribution >= 0.6 is 0 Å². The first-order chi connectivity index (χ1) is 8.90. The molecule has 4 aliphatic rings. The normalized spacial score (nSPS) is 45.6. The lowest BCUT2D eigenvalue weighted by molar-refractivity contribution is 0.199. The summed E-state index contributed by atoms with van der Waals surface area (Å²) in [6.07, 6.45) is 9.26. The summed E-state index contributed by atoms with van der Waals surface area (Å²) in [6, 6.07) is 0.547. The molecule has 2 heteroatoms. The van der Waals surface area contributed by atoms with Gasteiger partial charge in [0.1, 0.15) is 5.76 Å². The first-order valence-electron chi connectivity index (χ1n) is 7.96. The molecule has 0 radical (unpaired) electrons. The lowest BCUT2D eigenvalue weighted by Crippen LogP contribution is -2.36. The van der Waals surface area contributed by atoms with E-state index in [1.54, 1.807) is 6.42 Å². The SMILES string of the molecule is CCCNC(C1=CCCO1)C1C2C3CCC(C3)C21. The average Bonchev–Trinajstić information content (AvgIpc) is 2.85. The maximum Gasteiger partial charge on any atom is 0.109 e. The molecule has 1 aliphatic heterocycles. The van der Waals surface area contributed by atoms with Crippen molar-refractivity contribution in [2.24, 2.45) is 29.6 Å². The molecule has 0 aromatic heterocycles. The van der Waals surface area contributed by atoms with Gasteiger partial charge in [0, 0.05) is 6.42 Å². The summed E-state index contributed by atoms with van der Waals surface area (Å²) in [6.45, 7) is 4.30. The Morgan fingerprint density at radius 1 is 1.33 bits per heavy atom. The van der Waals surface area contributed by atoms with E-state index in [1.807, 2.05) is 0 Å². The Hall–Kier alpha value is -0.500. The molecule has 1 N–H and O–H groups in total. The van der Waals surface area contributed by atoms with Crippen molar-refractivity contribution in [3.8, 4) is 0 Å². The van der Waals surface area contributed by atoms with E-state index in [9.17, 15) is 0 Å². The number of ether oxygens (including phenoxy) is 1. The predicted octanol–water partition coefficient (Wildman–Crippen LogP) is 2.95. The fraction of sp³-hybridized carbons (Fsp3) is 0.875.